The number of benzene rings is 1. The summed E-state index contributed by atoms with van der Waals surface area (Å²) in [6.07, 6.45) is 9.05. The molecule has 0 aromatic heterocycles. The molecule has 25 heavy (non-hydrogen) atoms. The van der Waals surface area contributed by atoms with Crippen LogP contribution in [0, 0.1) is 5.92 Å². The van der Waals surface area contributed by atoms with Crippen molar-refractivity contribution in [2.45, 2.75) is 63.5 Å². The molecule has 1 N–H and O–H groups in total. The predicted octanol–water partition coefficient (Wildman–Crippen LogP) is 3.44. The van der Waals surface area contributed by atoms with E-state index in [1.165, 1.54) is 32.1 Å². The van der Waals surface area contributed by atoms with Crippen LogP contribution in [-0.2, 0) is 0 Å². The van der Waals surface area contributed by atoms with Crippen molar-refractivity contribution < 1.29 is 9.90 Å². The molecule has 1 aliphatic carbocycles. The van der Waals surface area contributed by atoms with Gasteiger partial charge in [0.05, 0.1) is 6.10 Å². The van der Waals surface area contributed by atoms with Crippen LogP contribution in [0.5, 0.6) is 0 Å². The minimum Gasteiger partial charge on any atom is -0.393 e. The fourth-order valence-electron chi connectivity index (χ4n) is 4.98. The lowest BCUT2D eigenvalue weighted by Crippen LogP contribution is -2.49. The summed E-state index contributed by atoms with van der Waals surface area (Å²) in [5, 5.41) is 9.65. The molecule has 1 amide bonds. The summed E-state index contributed by atoms with van der Waals surface area (Å²) in [7, 11) is 0. The molecule has 1 aromatic carbocycles. The topological polar surface area (TPSA) is 43.8 Å². The van der Waals surface area contributed by atoms with Crippen molar-refractivity contribution in [2.75, 3.05) is 24.5 Å². The third-order valence-corrected chi connectivity index (χ3v) is 6.45. The van der Waals surface area contributed by atoms with Gasteiger partial charge in [0.25, 0.3) is 5.91 Å². The van der Waals surface area contributed by atoms with Crippen LogP contribution in [0.3, 0.4) is 0 Å². The first kappa shape index (κ1) is 16.9. The number of aliphatic hydroxyl groups is 1. The van der Waals surface area contributed by atoms with E-state index in [9.17, 15) is 9.90 Å². The minimum atomic E-state index is -0.153. The van der Waals surface area contributed by atoms with Crippen LogP contribution in [0.25, 0.3) is 0 Å². The molecule has 2 unspecified atom stereocenters. The van der Waals surface area contributed by atoms with Gasteiger partial charge in [-0.15, -0.1) is 0 Å². The van der Waals surface area contributed by atoms with Gasteiger partial charge in [0.2, 0.25) is 0 Å². The molecule has 4 rings (SSSR count). The summed E-state index contributed by atoms with van der Waals surface area (Å²) < 4.78 is 0. The maximum atomic E-state index is 13.1. The Balaban J connectivity index is 1.45. The van der Waals surface area contributed by atoms with E-state index in [0.717, 1.165) is 56.1 Å². The van der Waals surface area contributed by atoms with E-state index in [1.54, 1.807) is 0 Å². The second-order valence-corrected chi connectivity index (χ2v) is 8.02. The van der Waals surface area contributed by atoms with Crippen LogP contribution < -0.4 is 4.90 Å². The number of amides is 1. The number of piperidine rings is 2. The van der Waals surface area contributed by atoms with Crippen molar-refractivity contribution in [2.24, 2.45) is 5.92 Å². The molecular weight excluding hydrogens is 312 g/mol. The largest absolute Gasteiger partial charge is 0.393 e. The quantitative estimate of drug-likeness (QED) is 0.895. The summed E-state index contributed by atoms with van der Waals surface area (Å²) in [5.41, 5.74) is 1.99. The summed E-state index contributed by atoms with van der Waals surface area (Å²) in [6, 6.07) is 8.61. The second kappa shape index (κ2) is 7.36. The fourth-order valence-corrected chi connectivity index (χ4v) is 4.98. The smallest absolute Gasteiger partial charge is 0.254 e. The van der Waals surface area contributed by atoms with E-state index in [2.05, 4.69) is 21.9 Å². The Morgan fingerprint density at radius 2 is 1.56 bits per heavy atom. The predicted molar refractivity (Wildman–Crippen MR) is 99.9 cm³/mol. The number of aliphatic hydroxyl groups excluding tert-OH is 1. The molecule has 0 spiro atoms. The van der Waals surface area contributed by atoms with Gasteiger partial charge in [0.15, 0.2) is 0 Å². The van der Waals surface area contributed by atoms with E-state index >= 15 is 0 Å². The molecule has 2 heterocycles. The lowest BCUT2D eigenvalue weighted by Gasteiger charge is -2.44. The van der Waals surface area contributed by atoms with E-state index in [1.807, 2.05) is 12.1 Å². The van der Waals surface area contributed by atoms with Gasteiger partial charge in [-0.25, -0.2) is 0 Å². The van der Waals surface area contributed by atoms with Crippen LogP contribution in [0.2, 0.25) is 0 Å². The first-order chi connectivity index (χ1) is 12.2. The zero-order valence-corrected chi connectivity index (χ0v) is 15.1. The molecule has 3 aliphatic rings. The normalized spacial score (nSPS) is 27.9. The van der Waals surface area contributed by atoms with Gasteiger partial charge in [0, 0.05) is 36.9 Å². The second-order valence-electron chi connectivity index (χ2n) is 8.02. The maximum absolute atomic E-state index is 13.1. The van der Waals surface area contributed by atoms with Crippen LogP contribution in [0.1, 0.15) is 61.7 Å². The van der Waals surface area contributed by atoms with Gasteiger partial charge in [0.1, 0.15) is 0 Å². The molecule has 0 radical (unpaired) electrons. The maximum Gasteiger partial charge on any atom is 0.254 e. The first-order valence-corrected chi connectivity index (χ1v) is 10.1. The Kier molecular flexibility index (Phi) is 4.98. The number of anilines is 1. The molecule has 4 heteroatoms. The van der Waals surface area contributed by atoms with Crippen molar-refractivity contribution in [1.29, 1.82) is 0 Å². The molecule has 2 atom stereocenters. The average molecular weight is 342 g/mol. The standard InChI is InChI=1S/C21H30N2O2/c24-19-11-14-22(15-12-19)18-9-7-17(8-10-18)21(25)23-13-3-5-16-4-1-2-6-20(16)23/h7-10,16,19-20,24H,1-6,11-15H2. The Morgan fingerprint density at radius 1 is 0.880 bits per heavy atom. The Morgan fingerprint density at radius 3 is 2.32 bits per heavy atom. The molecule has 2 aliphatic heterocycles. The Hall–Kier alpha value is -1.55. The molecule has 2 saturated heterocycles. The van der Waals surface area contributed by atoms with Crippen LogP contribution in [0.15, 0.2) is 24.3 Å². The number of likely N-dealkylation sites (tertiary alicyclic amines) is 1. The molecule has 0 bridgehead atoms. The number of hydrogen-bond donors (Lipinski definition) is 1. The zero-order chi connectivity index (χ0) is 17.2. The van der Waals surface area contributed by atoms with Crippen molar-refractivity contribution in [1.82, 2.24) is 4.90 Å². The molecule has 4 nitrogen and oxygen atoms in total. The highest BCUT2D eigenvalue weighted by molar-refractivity contribution is 5.95. The number of carbonyl (C=O) groups is 1. The third-order valence-electron chi connectivity index (χ3n) is 6.45. The van der Waals surface area contributed by atoms with Gasteiger partial charge in [-0.2, -0.15) is 0 Å². The van der Waals surface area contributed by atoms with Crippen LogP contribution in [0.4, 0.5) is 5.69 Å². The van der Waals surface area contributed by atoms with E-state index in [-0.39, 0.29) is 12.0 Å². The number of rotatable bonds is 2. The zero-order valence-electron chi connectivity index (χ0n) is 15.1. The number of carbonyl (C=O) groups excluding carboxylic acids is 1. The van der Waals surface area contributed by atoms with Gasteiger partial charge in [-0.1, -0.05) is 12.8 Å². The van der Waals surface area contributed by atoms with E-state index < -0.39 is 0 Å². The van der Waals surface area contributed by atoms with Crippen LogP contribution >= 0.6 is 0 Å². The molecular formula is C21H30N2O2. The highest BCUT2D eigenvalue weighted by Gasteiger charge is 2.35. The lowest BCUT2D eigenvalue weighted by atomic mass is 9.78. The van der Waals surface area contributed by atoms with Crippen molar-refractivity contribution >= 4 is 11.6 Å². The average Bonchev–Trinajstić information content (AvgIpc) is 2.68. The molecule has 1 saturated carbocycles. The summed E-state index contributed by atoms with van der Waals surface area (Å²) in [6.45, 7) is 2.71. The lowest BCUT2D eigenvalue weighted by molar-refractivity contribution is 0.0390. The van der Waals surface area contributed by atoms with Gasteiger partial charge < -0.3 is 14.9 Å². The van der Waals surface area contributed by atoms with Crippen molar-refractivity contribution in [3.05, 3.63) is 29.8 Å². The van der Waals surface area contributed by atoms with Gasteiger partial charge in [-0.3, -0.25) is 4.79 Å². The SMILES string of the molecule is O=C(c1ccc(N2CCC(O)CC2)cc1)N1CCCC2CCCCC21. The summed E-state index contributed by atoms with van der Waals surface area (Å²) in [4.78, 5) is 17.5. The minimum absolute atomic E-state index is 0.153. The molecule has 3 fully saturated rings. The Bertz CT molecular complexity index is 590. The van der Waals surface area contributed by atoms with Crippen molar-refractivity contribution in [3.63, 3.8) is 0 Å². The number of hydrogen-bond acceptors (Lipinski definition) is 3. The van der Waals surface area contributed by atoms with Gasteiger partial charge in [-0.05, 0) is 68.7 Å². The summed E-state index contributed by atoms with van der Waals surface area (Å²) in [5.74, 6) is 0.947. The molecule has 1 aromatic rings. The first-order valence-electron chi connectivity index (χ1n) is 10.1. The summed E-state index contributed by atoms with van der Waals surface area (Å²) >= 11 is 0. The highest BCUT2D eigenvalue weighted by Crippen LogP contribution is 2.36. The van der Waals surface area contributed by atoms with E-state index in [0.29, 0.717) is 6.04 Å². The van der Waals surface area contributed by atoms with Crippen LogP contribution in [-0.4, -0.2) is 47.7 Å². The number of nitrogens with zero attached hydrogens (tertiary/aromatic N) is 2. The third kappa shape index (κ3) is 3.55. The monoisotopic (exact) mass is 342 g/mol. The fraction of sp³-hybridized carbons (Fsp3) is 0.667. The van der Waals surface area contributed by atoms with Gasteiger partial charge >= 0.3 is 0 Å². The highest BCUT2D eigenvalue weighted by atomic mass is 16.3. The number of fused-ring (bicyclic) bond motifs is 1. The van der Waals surface area contributed by atoms with Crippen molar-refractivity contribution in [3.8, 4) is 0 Å². The Labute approximate surface area is 150 Å². The molecule has 136 valence electrons. The van der Waals surface area contributed by atoms with E-state index in [4.69, 9.17) is 0 Å².